The number of aliphatic hydroxyl groups excluding tert-OH is 3. The fourth-order valence-electron chi connectivity index (χ4n) is 5.37. The molecule has 0 aliphatic carbocycles. The highest BCUT2D eigenvalue weighted by molar-refractivity contribution is 4.92. The Labute approximate surface area is 244 Å². The van der Waals surface area contributed by atoms with Crippen molar-refractivity contribution in [3.63, 3.8) is 0 Å². The molecule has 0 radical (unpaired) electrons. The molecule has 0 aromatic carbocycles. The topological polar surface area (TPSA) is 63.9 Å². The van der Waals surface area contributed by atoms with Gasteiger partial charge in [0.05, 0.1) is 12.2 Å². The second-order valence-electron chi connectivity index (χ2n) is 11.8. The molecule has 0 amide bonds. The molecule has 0 bridgehead atoms. The molecule has 0 aromatic rings. The third kappa shape index (κ3) is 26.0. The Kier molecular flexibility index (Phi) is 29.8. The maximum Gasteiger partial charge on any atom is 0.0695 e. The largest absolute Gasteiger partial charge is 0.396 e. The predicted octanol–water partition coefficient (Wildman–Crippen LogP) is 8.98. The Bertz CT molecular complexity index is 536. The first-order valence-electron chi connectivity index (χ1n) is 17.1. The molecule has 0 aliphatic rings. The van der Waals surface area contributed by atoms with Crippen LogP contribution in [0.15, 0.2) is 24.3 Å². The van der Waals surface area contributed by atoms with Crippen LogP contribution in [0.1, 0.15) is 156 Å². The van der Waals surface area contributed by atoms with Gasteiger partial charge in [0.25, 0.3) is 0 Å². The minimum atomic E-state index is -0.354. The maximum atomic E-state index is 11.1. The summed E-state index contributed by atoms with van der Waals surface area (Å²) in [4.78, 5) is 2.20. The molecule has 4 heteroatoms. The van der Waals surface area contributed by atoms with E-state index in [1.54, 1.807) is 0 Å². The second-order valence-corrected chi connectivity index (χ2v) is 11.8. The summed E-state index contributed by atoms with van der Waals surface area (Å²) < 4.78 is 0. The van der Waals surface area contributed by atoms with Gasteiger partial charge in [0.15, 0.2) is 0 Å². The lowest BCUT2D eigenvalue weighted by Gasteiger charge is -2.31. The van der Waals surface area contributed by atoms with Gasteiger partial charge in [-0.25, -0.2) is 0 Å². The first-order chi connectivity index (χ1) is 19.1. The highest BCUT2D eigenvalue weighted by atomic mass is 16.3. The Balaban J connectivity index is 4.18. The van der Waals surface area contributed by atoms with Crippen molar-refractivity contribution in [2.24, 2.45) is 5.92 Å². The quantitative estimate of drug-likeness (QED) is 0.0615. The number of rotatable bonds is 30. The van der Waals surface area contributed by atoms with Crippen LogP contribution in [0.25, 0.3) is 0 Å². The predicted molar refractivity (Wildman–Crippen MR) is 171 cm³/mol. The van der Waals surface area contributed by atoms with Crippen molar-refractivity contribution >= 4 is 0 Å². The zero-order chi connectivity index (χ0) is 28.8. The highest BCUT2D eigenvalue weighted by Gasteiger charge is 2.22. The Hall–Kier alpha value is -0.680. The van der Waals surface area contributed by atoms with Gasteiger partial charge in [-0.15, -0.1) is 0 Å². The minimum Gasteiger partial charge on any atom is -0.396 e. The lowest BCUT2D eigenvalue weighted by molar-refractivity contribution is 0.0300. The SMILES string of the molecule is CCCCC/C=C\C/C=C\CCCCCCC[C@H](O)CN(CCCO)C[C@H](O)C(CCCC)CCCCCC. The monoisotopic (exact) mass is 552 g/mol. The highest BCUT2D eigenvalue weighted by Crippen LogP contribution is 2.22. The average molecular weight is 552 g/mol. The van der Waals surface area contributed by atoms with Gasteiger partial charge in [-0.3, -0.25) is 4.90 Å². The number of unbranched alkanes of at least 4 members (excludes halogenated alkanes) is 12. The van der Waals surface area contributed by atoms with Crippen molar-refractivity contribution in [2.75, 3.05) is 26.2 Å². The van der Waals surface area contributed by atoms with Crippen LogP contribution in [0.5, 0.6) is 0 Å². The first kappa shape index (κ1) is 38.3. The van der Waals surface area contributed by atoms with Crippen LogP contribution >= 0.6 is 0 Å². The molecule has 1 unspecified atom stereocenters. The molecule has 0 aromatic heterocycles. The summed E-state index contributed by atoms with van der Waals surface area (Å²) in [5.74, 6) is 0.345. The number of aliphatic hydroxyl groups is 3. The molecule has 3 atom stereocenters. The van der Waals surface area contributed by atoms with Gasteiger partial charge in [0, 0.05) is 26.2 Å². The zero-order valence-corrected chi connectivity index (χ0v) is 26.5. The van der Waals surface area contributed by atoms with Crippen molar-refractivity contribution < 1.29 is 15.3 Å². The summed E-state index contributed by atoms with van der Waals surface area (Å²) in [6.45, 7) is 8.82. The summed E-state index contributed by atoms with van der Waals surface area (Å²) in [5, 5.41) is 31.2. The summed E-state index contributed by atoms with van der Waals surface area (Å²) in [5.41, 5.74) is 0. The van der Waals surface area contributed by atoms with Gasteiger partial charge in [-0.1, -0.05) is 122 Å². The van der Waals surface area contributed by atoms with Gasteiger partial charge in [0.1, 0.15) is 0 Å². The average Bonchev–Trinajstić information content (AvgIpc) is 2.93. The fourth-order valence-corrected chi connectivity index (χ4v) is 5.37. The van der Waals surface area contributed by atoms with Gasteiger partial charge < -0.3 is 15.3 Å². The molecule has 0 heterocycles. The third-order valence-electron chi connectivity index (χ3n) is 7.94. The van der Waals surface area contributed by atoms with Crippen molar-refractivity contribution in [1.82, 2.24) is 4.90 Å². The number of allylic oxidation sites excluding steroid dienone is 4. The first-order valence-corrected chi connectivity index (χ1v) is 17.1. The van der Waals surface area contributed by atoms with Crippen molar-refractivity contribution in [1.29, 1.82) is 0 Å². The molecular weight excluding hydrogens is 482 g/mol. The van der Waals surface area contributed by atoms with Crippen molar-refractivity contribution in [3.8, 4) is 0 Å². The van der Waals surface area contributed by atoms with E-state index in [9.17, 15) is 15.3 Å². The van der Waals surface area contributed by atoms with Crippen LogP contribution in [-0.4, -0.2) is 58.7 Å². The number of nitrogens with zero attached hydrogens (tertiary/aromatic N) is 1. The normalized spacial score (nSPS) is 14.6. The molecule has 0 spiro atoms. The van der Waals surface area contributed by atoms with Gasteiger partial charge in [-0.2, -0.15) is 0 Å². The number of hydrogen-bond donors (Lipinski definition) is 3. The summed E-state index contributed by atoms with van der Waals surface area (Å²) in [7, 11) is 0. The van der Waals surface area contributed by atoms with Crippen molar-refractivity contribution in [3.05, 3.63) is 24.3 Å². The maximum absolute atomic E-state index is 11.1. The molecule has 0 saturated heterocycles. The zero-order valence-electron chi connectivity index (χ0n) is 26.5. The smallest absolute Gasteiger partial charge is 0.0695 e. The van der Waals surface area contributed by atoms with E-state index in [1.807, 2.05) is 0 Å². The molecule has 4 nitrogen and oxygen atoms in total. The third-order valence-corrected chi connectivity index (χ3v) is 7.94. The van der Waals surface area contributed by atoms with E-state index in [1.165, 1.54) is 96.3 Å². The molecule has 0 rings (SSSR count). The molecule has 39 heavy (non-hydrogen) atoms. The summed E-state index contributed by atoms with van der Waals surface area (Å²) in [6, 6.07) is 0. The molecule has 0 fully saturated rings. The molecule has 0 aliphatic heterocycles. The standard InChI is InChI=1S/C35H69NO3/c1-4-7-10-12-13-14-15-16-17-18-19-20-21-22-24-28-34(38)31-36(29-25-30-37)32-35(39)33(26-9-6-3)27-23-11-8-5-2/h13-14,16-17,33-35,37-39H,4-12,15,18-32H2,1-3H3/b14-13-,17-16-/t33?,34-,35-/m0/s1. The van der Waals surface area contributed by atoms with E-state index in [2.05, 4.69) is 50.0 Å². The Morgan fingerprint density at radius 3 is 1.77 bits per heavy atom. The summed E-state index contributed by atoms with van der Waals surface area (Å²) >= 11 is 0. The van der Waals surface area contributed by atoms with E-state index in [-0.39, 0.29) is 18.8 Å². The lowest BCUT2D eigenvalue weighted by atomic mass is 9.89. The van der Waals surface area contributed by atoms with Crippen LogP contribution < -0.4 is 0 Å². The molecule has 3 N–H and O–H groups in total. The van der Waals surface area contributed by atoms with E-state index in [4.69, 9.17) is 0 Å². The lowest BCUT2D eigenvalue weighted by Crippen LogP contribution is -2.41. The molecular formula is C35H69NO3. The molecule has 0 saturated carbocycles. The van der Waals surface area contributed by atoms with Crippen LogP contribution in [0.3, 0.4) is 0 Å². The van der Waals surface area contributed by atoms with E-state index < -0.39 is 0 Å². The van der Waals surface area contributed by atoms with Crippen molar-refractivity contribution in [2.45, 2.75) is 168 Å². The van der Waals surface area contributed by atoms with Gasteiger partial charge in [0.2, 0.25) is 0 Å². The van der Waals surface area contributed by atoms with E-state index in [0.717, 1.165) is 38.6 Å². The van der Waals surface area contributed by atoms with Crippen LogP contribution in [0, 0.1) is 5.92 Å². The number of hydrogen-bond acceptors (Lipinski definition) is 4. The Morgan fingerprint density at radius 1 is 0.564 bits per heavy atom. The van der Waals surface area contributed by atoms with Gasteiger partial charge in [-0.05, 0) is 63.7 Å². The van der Waals surface area contributed by atoms with Gasteiger partial charge >= 0.3 is 0 Å². The Morgan fingerprint density at radius 2 is 1.10 bits per heavy atom. The van der Waals surface area contributed by atoms with E-state index >= 15 is 0 Å². The molecule has 232 valence electrons. The van der Waals surface area contributed by atoms with Crippen LogP contribution in [-0.2, 0) is 0 Å². The minimum absolute atomic E-state index is 0.157. The second kappa shape index (κ2) is 30.3. The van der Waals surface area contributed by atoms with Crippen LogP contribution in [0.4, 0.5) is 0 Å². The van der Waals surface area contributed by atoms with E-state index in [0.29, 0.717) is 25.4 Å². The fraction of sp³-hybridized carbons (Fsp3) is 0.886. The summed E-state index contributed by atoms with van der Waals surface area (Å²) in [6.07, 6.45) is 33.0. The van der Waals surface area contributed by atoms with Crippen LogP contribution in [0.2, 0.25) is 0 Å².